The van der Waals surface area contributed by atoms with Crippen LogP contribution in [0.1, 0.15) is 20.9 Å². The molecule has 0 bridgehead atoms. The van der Waals surface area contributed by atoms with E-state index in [9.17, 15) is 4.79 Å². The molecule has 1 aromatic carbocycles. The van der Waals surface area contributed by atoms with Crippen molar-refractivity contribution in [2.24, 2.45) is 0 Å². The van der Waals surface area contributed by atoms with Gasteiger partial charge in [-0.15, -0.1) is 22.7 Å². The lowest BCUT2D eigenvalue weighted by molar-refractivity contribution is 0.0954. The van der Waals surface area contributed by atoms with Crippen LogP contribution >= 0.6 is 34.3 Å². The molecule has 0 atom stereocenters. The Kier molecular flexibility index (Phi) is 4.57. The fraction of sp³-hybridized carbons (Fsp3) is 0.125. The van der Waals surface area contributed by atoms with Crippen LogP contribution in [0.4, 0.5) is 0 Å². The summed E-state index contributed by atoms with van der Waals surface area (Å²) in [5, 5.41) is 6.45. The summed E-state index contributed by atoms with van der Waals surface area (Å²) >= 11 is 9.14. The highest BCUT2D eigenvalue weighted by molar-refractivity contribution is 7.22. The van der Waals surface area contributed by atoms with Gasteiger partial charge in [-0.1, -0.05) is 35.9 Å². The van der Waals surface area contributed by atoms with Crippen LogP contribution < -0.4 is 5.32 Å². The number of aryl methyl sites for hydroxylation is 1. The normalized spacial score (nSPS) is 10.6. The van der Waals surface area contributed by atoms with Crippen molar-refractivity contribution in [3.8, 4) is 9.88 Å². The number of halogens is 1. The molecule has 0 radical (unpaired) electrons. The molecule has 1 amide bonds. The summed E-state index contributed by atoms with van der Waals surface area (Å²) in [6.45, 7) is 2.27. The second kappa shape index (κ2) is 6.60. The summed E-state index contributed by atoms with van der Waals surface area (Å²) in [6.07, 6.45) is 0. The van der Waals surface area contributed by atoms with Crippen LogP contribution in [0, 0.1) is 6.92 Å². The van der Waals surface area contributed by atoms with Gasteiger partial charge in [0.25, 0.3) is 5.91 Å². The Morgan fingerprint density at radius 2 is 2.09 bits per heavy atom. The molecule has 2 heterocycles. The third kappa shape index (κ3) is 3.21. The van der Waals surface area contributed by atoms with Crippen molar-refractivity contribution in [3.63, 3.8) is 0 Å². The number of hydrogen-bond donors (Lipinski definition) is 1. The monoisotopic (exact) mass is 348 g/mol. The predicted octanol–water partition coefficient (Wildman–Crippen LogP) is 4.76. The third-order valence-electron chi connectivity index (χ3n) is 3.13. The molecule has 0 aliphatic rings. The summed E-state index contributed by atoms with van der Waals surface area (Å²) in [6, 6.07) is 11.5. The van der Waals surface area contributed by atoms with E-state index in [-0.39, 0.29) is 5.91 Å². The van der Waals surface area contributed by atoms with Crippen LogP contribution in [0.15, 0.2) is 41.8 Å². The molecule has 2 aromatic heterocycles. The largest absolute Gasteiger partial charge is 0.347 e. The first-order valence-corrected chi connectivity index (χ1v) is 8.75. The Morgan fingerprint density at radius 1 is 1.27 bits per heavy atom. The first kappa shape index (κ1) is 15.2. The molecule has 0 aliphatic carbocycles. The number of nitrogens with zero attached hydrogens (tertiary/aromatic N) is 1. The highest BCUT2D eigenvalue weighted by atomic mass is 35.5. The Labute approximate surface area is 141 Å². The number of thiophene rings is 1. The van der Waals surface area contributed by atoms with Crippen LogP contribution in [0.2, 0.25) is 5.02 Å². The van der Waals surface area contributed by atoms with Gasteiger partial charge in [0.2, 0.25) is 0 Å². The molecule has 0 aliphatic heterocycles. The van der Waals surface area contributed by atoms with Crippen LogP contribution in [-0.4, -0.2) is 10.9 Å². The molecule has 0 spiro atoms. The van der Waals surface area contributed by atoms with Gasteiger partial charge in [0.15, 0.2) is 0 Å². The van der Waals surface area contributed by atoms with Crippen LogP contribution in [0.25, 0.3) is 9.88 Å². The van der Waals surface area contributed by atoms with E-state index >= 15 is 0 Å². The van der Waals surface area contributed by atoms with Crippen LogP contribution in [-0.2, 0) is 6.54 Å². The Morgan fingerprint density at radius 3 is 2.82 bits per heavy atom. The van der Waals surface area contributed by atoms with Crippen molar-refractivity contribution < 1.29 is 4.79 Å². The fourth-order valence-corrected chi connectivity index (χ4v) is 3.99. The van der Waals surface area contributed by atoms with Gasteiger partial charge >= 0.3 is 0 Å². The predicted molar refractivity (Wildman–Crippen MR) is 92.8 cm³/mol. The third-order valence-corrected chi connectivity index (χ3v) is 5.70. The molecule has 6 heteroatoms. The molecule has 0 unspecified atom stereocenters. The molecular formula is C16H13ClN2OS2. The Hall–Kier alpha value is -1.69. The van der Waals surface area contributed by atoms with Crippen molar-refractivity contribution in [2.45, 2.75) is 13.5 Å². The van der Waals surface area contributed by atoms with Crippen molar-refractivity contribution >= 4 is 40.2 Å². The minimum atomic E-state index is -0.113. The molecule has 3 rings (SSSR count). The van der Waals surface area contributed by atoms with Crippen LogP contribution in [0.5, 0.6) is 0 Å². The maximum atomic E-state index is 12.4. The number of hydrogen-bond acceptors (Lipinski definition) is 4. The maximum absolute atomic E-state index is 12.4. The first-order chi connectivity index (χ1) is 10.6. The van der Waals surface area contributed by atoms with Crippen molar-refractivity contribution in [3.05, 3.63) is 62.9 Å². The van der Waals surface area contributed by atoms with E-state index in [1.54, 1.807) is 11.3 Å². The highest BCUT2D eigenvalue weighted by Gasteiger charge is 2.16. The molecule has 0 fully saturated rings. The number of carbonyl (C=O) groups excluding carboxylic acids is 1. The summed E-state index contributed by atoms with van der Waals surface area (Å²) in [4.78, 5) is 18.6. The molecule has 1 N–H and O–H groups in total. The van der Waals surface area contributed by atoms with Gasteiger partial charge in [-0.2, -0.15) is 0 Å². The smallest absolute Gasteiger partial charge is 0.263 e. The van der Waals surface area contributed by atoms with Gasteiger partial charge in [-0.25, -0.2) is 4.98 Å². The lowest BCUT2D eigenvalue weighted by Gasteiger charge is -2.05. The van der Waals surface area contributed by atoms with Gasteiger partial charge in [-0.3, -0.25) is 4.79 Å². The number of nitrogens with one attached hydrogen (secondary N) is 1. The number of thiazole rings is 1. The average molecular weight is 349 g/mol. The number of benzene rings is 1. The van der Waals surface area contributed by atoms with Gasteiger partial charge in [-0.05, 0) is 30.0 Å². The number of aromatic nitrogens is 1. The first-order valence-electron chi connectivity index (χ1n) is 6.68. The van der Waals surface area contributed by atoms with E-state index in [1.165, 1.54) is 11.3 Å². The number of rotatable bonds is 4. The molecule has 22 heavy (non-hydrogen) atoms. The zero-order valence-electron chi connectivity index (χ0n) is 11.8. The quantitative estimate of drug-likeness (QED) is 0.738. The number of amides is 1. The SMILES string of the molecule is Cc1nc(-c2cccs2)sc1C(=O)NCc1ccccc1Cl. The van der Waals surface area contributed by atoms with Gasteiger partial charge in [0, 0.05) is 11.6 Å². The average Bonchev–Trinajstić information content (AvgIpc) is 3.15. The summed E-state index contributed by atoms with van der Waals surface area (Å²) in [7, 11) is 0. The Balaban J connectivity index is 1.74. The Bertz CT molecular complexity index is 796. The van der Waals surface area contributed by atoms with E-state index in [0.29, 0.717) is 16.4 Å². The van der Waals surface area contributed by atoms with E-state index in [1.807, 2.05) is 48.7 Å². The standard InChI is InChI=1S/C16H13ClN2OS2/c1-10-14(22-16(19-10)13-7-4-8-21-13)15(20)18-9-11-5-2-3-6-12(11)17/h2-8H,9H2,1H3,(H,18,20). The molecule has 3 aromatic rings. The maximum Gasteiger partial charge on any atom is 0.263 e. The molecule has 112 valence electrons. The second-order valence-electron chi connectivity index (χ2n) is 4.68. The van der Waals surface area contributed by atoms with E-state index in [2.05, 4.69) is 10.3 Å². The topological polar surface area (TPSA) is 42.0 Å². The molecule has 0 saturated heterocycles. The van der Waals surface area contributed by atoms with Crippen molar-refractivity contribution in [2.75, 3.05) is 0 Å². The van der Waals surface area contributed by atoms with Crippen molar-refractivity contribution in [1.29, 1.82) is 0 Å². The second-order valence-corrected chi connectivity index (χ2v) is 7.04. The van der Waals surface area contributed by atoms with E-state index < -0.39 is 0 Å². The van der Waals surface area contributed by atoms with E-state index in [0.717, 1.165) is 21.1 Å². The zero-order chi connectivity index (χ0) is 15.5. The minimum Gasteiger partial charge on any atom is -0.347 e. The van der Waals surface area contributed by atoms with Gasteiger partial charge in [0.05, 0.1) is 10.6 Å². The molecule has 0 saturated carbocycles. The fourth-order valence-electron chi connectivity index (χ4n) is 2.01. The lowest BCUT2D eigenvalue weighted by Crippen LogP contribution is -2.22. The summed E-state index contributed by atoms with van der Waals surface area (Å²) in [5.74, 6) is -0.113. The summed E-state index contributed by atoms with van der Waals surface area (Å²) in [5.41, 5.74) is 1.66. The highest BCUT2D eigenvalue weighted by Crippen LogP contribution is 2.31. The molecule has 3 nitrogen and oxygen atoms in total. The van der Waals surface area contributed by atoms with Crippen LogP contribution in [0.3, 0.4) is 0 Å². The summed E-state index contributed by atoms with van der Waals surface area (Å²) < 4.78 is 0. The van der Waals surface area contributed by atoms with Gasteiger partial charge in [0.1, 0.15) is 9.88 Å². The lowest BCUT2D eigenvalue weighted by atomic mass is 10.2. The zero-order valence-corrected chi connectivity index (χ0v) is 14.2. The van der Waals surface area contributed by atoms with Crippen molar-refractivity contribution in [1.82, 2.24) is 10.3 Å². The minimum absolute atomic E-state index is 0.113. The van der Waals surface area contributed by atoms with Gasteiger partial charge < -0.3 is 5.32 Å². The number of carbonyl (C=O) groups is 1. The molecular weight excluding hydrogens is 336 g/mol. The van der Waals surface area contributed by atoms with E-state index in [4.69, 9.17) is 11.6 Å².